The summed E-state index contributed by atoms with van der Waals surface area (Å²) in [6.07, 6.45) is 24.8. The lowest BCUT2D eigenvalue weighted by atomic mass is 9.82. The quantitative estimate of drug-likeness (QED) is 0.173. The van der Waals surface area contributed by atoms with E-state index in [1.807, 2.05) is 0 Å². The summed E-state index contributed by atoms with van der Waals surface area (Å²) in [4.78, 5) is 5.34. The molecule has 0 bridgehead atoms. The Labute approximate surface area is 166 Å². The van der Waals surface area contributed by atoms with Crippen LogP contribution in [-0.2, 0) is 4.84 Å². The van der Waals surface area contributed by atoms with E-state index in [9.17, 15) is 0 Å². The van der Waals surface area contributed by atoms with Crippen LogP contribution in [0.4, 0.5) is 0 Å². The van der Waals surface area contributed by atoms with Gasteiger partial charge in [0, 0.05) is 0 Å². The van der Waals surface area contributed by atoms with Gasteiger partial charge in [-0.15, -0.1) is 0 Å². The summed E-state index contributed by atoms with van der Waals surface area (Å²) in [6, 6.07) is 0. The second kappa shape index (κ2) is 18.3. The minimum absolute atomic E-state index is 0.178. The van der Waals surface area contributed by atoms with E-state index in [4.69, 9.17) is 10.7 Å². The SMILES string of the molecule is CCCCCCCCCCC(CCCCCCCCCC)C(C)(C)ON. The molecular weight excluding hydrogens is 318 g/mol. The summed E-state index contributed by atoms with van der Waals surface area (Å²) >= 11 is 0. The molecule has 0 aromatic heterocycles. The van der Waals surface area contributed by atoms with Crippen molar-refractivity contribution in [1.29, 1.82) is 0 Å². The van der Waals surface area contributed by atoms with Crippen molar-refractivity contribution in [1.82, 2.24) is 0 Å². The lowest BCUT2D eigenvalue weighted by Crippen LogP contribution is -2.37. The fourth-order valence-corrected chi connectivity index (χ4v) is 3.99. The molecule has 0 spiro atoms. The second-order valence-corrected chi connectivity index (χ2v) is 8.95. The number of nitrogens with two attached hydrogens (primary N) is 1. The predicted octanol–water partition coefficient (Wildman–Crippen LogP) is 8.33. The topological polar surface area (TPSA) is 35.2 Å². The maximum absolute atomic E-state index is 5.60. The zero-order chi connectivity index (χ0) is 19.5. The van der Waals surface area contributed by atoms with Gasteiger partial charge in [-0.3, -0.25) is 4.84 Å². The maximum atomic E-state index is 5.60. The van der Waals surface area contributed by atoms with Gasteiger partial charge in [0.15, 0.2) is 0 Å². The summed E-state index contributed by atoms with van der Waals surface area (Å²) in [5.74, 6) is 6.21. The predicted molar refractivity (Wildman–Crippen MR) is 117 cm³/mol. The highest BCUT2D eigenvalue weighted by Crippen LogP contribution is 2.30. The Bertz CT molecular complexity index is 257. The van der Waals surface area contributed by atoms with E-state index < -0.39 is 0 Å². The first-order chi connectivity index (χ1) is 12.6. The van der Waals surface area contributed by atoms with E-state index >= 15 is 0 Å². The summed E-state index contributed by atoms with van der Waals surface area (Å²) in [6.45, 7) is 8.92. The Balaban J connectivity index is 3.82. The molecule has 0 saturated carbocycles. The van der Waals surface area contributed by atoms with E-state index in [2.05, 4.69) is 27.7 Å². The number of rotatable bonds is 20. The van der Waals surface area contributed by atoms with Crippen LogP contribution in [0.25, 0.3) is 0 Å². The molecule has 0 atom stereocenters. The Kier molecular flexibility index (Phi) is 18.2. The first kappa shape index (κ1) is 25.9. The molecule has 0 aromatic carbocycles. The summed E-state index contributed by atoms with van der Waals surface area (Å²) in [7, 11) is 0. The first-order valence-electron chi connectivity index (χ1n) is 12.0. The average Bonchev–Trinajstić information content (AvgIpc) is 2.64. The van der Waals surface area contributed by atoms with E-state index in [1.54, 1.807) is 0 Å². The molecule has 0 radical (unpaired) electrons. The molecule has 0 aliphatic heterocycles. The molecule has 0 amide bonds. The maximum Gasteiger partial charge on any atom is 0.0865 e. The van der Waals surface area contributed by atoms with Crippen molar-refractivity contribution in [3.8, 4) is 0 Å². The average molecular weight is 370 g/mol. The van der Waals surface area contributed by atoms with Crippen molar-refractivity contribution >= 4 is 0 Å². The Hall–Kier alpha value is -0.0800. The molecule has 0 rings (SSSR count). The number of hydrogen-bond donors (Lipinski definition) is 1. The monoisotopic (exact) mass is 369 g/mol. The van der Waals surface area contributed by atoms with Gasteiger partial charge in [0.2, 0.25) is 0 Å². The standard InChI is InChI=1S/C24H51NO/c1-5-7-9-11-13-15-17-19-21-23(24(3,4)26-25)22-20-18-16-14-12-10-8-6-2/h23H,5-22,25H2,1-4H3. The van der Waals surface area contributed by atoms with Crippen molar-refractivity contribution in [2.75, 3.05) is 0 Å². The molecule has 2 N–H and O–H groups in total. The molecule has 0 unspecified atom stereocenters. The third-order valence-corrected chi connectivity index (χ3v) is 6.10. The molecule has 2 nitrogen and oxygen atoms in total. The van der Waals surface area contributed by atoms with Gasteiger partial charge in [0.05, 0.1) is 5.60 Å². The number of unbranched alkanes of at least 4 members (excludes halogenated alkanes) is 14. The highest BCUT2D eigenvalue weighted by Gasteiger charge is 2.29. The summed E-state index contributed by atoms with van der Waals surface area (Å²) < 4.78 is 0. The Morgan fingerprint density at radius 1 is 0.577 bits per heavy atom. The van der Waals surface area contributed by atoms with E-state index in [0.29, 0.717) is 5.92 Å². The molecular formula is C24H51NO. The van der Waals surface area contributed by atoms with Crippen molar-refractivity contribution < 1.29 is 4.84 Å². The van der Waals surface area contributed by atoms with Gasteiger partial charge >= 0.3 is 0 Å². The second-order valence-electron chi connectivity index (χ2n) is 8.95. The molecule has 158 valence electrons. The lowest BCUT2D eigenvalue weighted by Gasteiger charge is -2.32. The van der Waals surface area contributed by atoms with Crippen LogP contribution in [0.2, 0.25) is 0 Å². The van der Waals surface area contributed by atoms with Crippen LogP contribution in [0.3, 0.4) is 0 Å². The van der Waals surface area contributed by atoms with Crippen LogP contribution in [0.5, 0.6) is 0 Å². The highest BCUT2D eigenvalue weighted by molar-refractivity contribution is 4.79. The van der Waals surface area contributed by atoms with Gasteiger partial charge in [0.1, 0.15) is 0 Å². The van der Waals surface area contributed by atoms with Gasteiger partial charge in [0.25, 0.3) is 0 Å². The van der Waals surface area contributed by atoms with Gasteiger partial charge in [-0.2, -0.15) is 0 Å². The smallest absolute Gasteiger partial charge is 0.0865 e. The summed E-state index contributed by atoms with van der Waals surface area (Å²) in [5, 5.41) is 0. The van der Waals surface area contributed by atoms with Gasteiger partial charge in [-0.1, -0.05) is 117 Å². The third-order valence-electron chi connectivity index (χ3n) is 6.10. The molecule has 0 aliphatic rings. The Morgan fingerprint density at radius 3 is 1.19 bits per heavy atom. The van der Waals surface area contributed by atoms with E-state index in [-0.39, 0.29) is 5.60 Å². The van der Waals surface area contributed by atoms with Crippen LogP contribution >= 0.6 is 0 Å². The molecule has 2 heteroatoms. The van der Waals surface area contributed by atoms with Crippen molar-refractivity contribution in [3.63, 3.8) is 0 Å². The zero-order valence-electron chi connectivity index (χ0n) is 18.8. The van der Waals surface area contributed by atoms with E-state index in [0.717, 1.165) is 0 Å². The summed E-state index contributed by atoms with van der Waals surface area (Å²) in [5.41, 5.74) is -0.178. The van der Waals surface area contributed by atoms with Crippen LogP contribution in [0.1, 0.15) is 143 Å². The van der Waals surface area contributed by atoms with Crippen LogP contribution in [0, 0.1) is 5.92 Å². The zero-order valence-corrected chi connectivity index (χ0v) is 18.8. The van der Waals surface area contributed by atoms with Gasteiger partial charge < -0.3 is 0 Å². The van der Waals surface area contributed by atoms with Crippen LogP contribution in [0.15, 0.2) is 0 Å². The van der Waals surface area contributed by atoms with Gasteiger partial charge in [-0.25, -0.2) is 5.90 Å². The minimum atomic E-state index is -0.178. The minimum Gasteiger partial charge on any atom is -0.298 e. The van der Waals surface area contributed by atoms with Crippen molar-refractivity contribution in [2.45, 2.75) is 149 Å². The largest absolute Gasteiger partial charge is 0.298 e. The molecule has 0 saturated heterocycles. The third kappa shape index (κ3) is 15.0. The van der Waals surface area contributed by atoms with Crippen LogP contribution in [-0.4, -0.2) is 5.60 Å². The van der Waals surface area contributed by atoms with E-state index in [1.165, 1.54) is 116 Å². The molecule has 26 heavy (non-hydrogen) atoms. The van der Waals surface area contributed by atoms with Crippen molar-refractivity contribution in [3.05, 3.63) is 0 Å². The fraction of sp³-hybridized carbons (Fsp3) is 1.00. The molecule has 0 heterocycles. The van der Waals surface area contributed by atoms with Gasteiger partial charge in [-0.05, 0) is 32.6 Å². The fourth-order valence-electron chi connectivity index (χ4n) is 3.99. The Morgan fingerprint density at radius 2 is 0.885 bits per heavy atom. The molecule has 0 fully saturated rings. The number of hydrogen-bond acceptors (Lipinski definition) is 2. The van der Waals surface area contributed by atoms with Crippen LogP contribution < -0.4 is 5.90 Å². The van der Waals surface area contributed by atoms with Crippen molar-refractivity contribution in [2.24, 2.45) is 11.8 Å². The lowest BCUT2D eigenvalue weighted by molar-refractivity contribution is -0.0687. The molecule has 0 aromatic rings. The normalized spacial score (nSPS) is 12.2. The highest BCUT2D eigenvalue weighted by atomic mass is 16.6. The molecule has 0 aliphatic carbocycles. The first-order valence-corrected chi connectivity index (χ1v) is 12.0.